The van der Waals surface area contributed by atoms with Crippen LogP contribution in [0.3, 0.4) is 0 Å². The molecule has 0 saturated heterocycles. The van der Waals surface area contributed by atoms with Gasteiger partial charge in [-0.1, -0.05) is 37.1 Å². The Kier molecular flexibility index (Phi) is 4.84. The highest BCUT2D eigenvalue weighted by Gasteiger charge is 1.89. The van der Waals surface area contributed by atoms with Gasteiger partial charge in [-0.05, 0) is 32.1 Å². The molecule has 0 N–H and O–H groups in total. The Morgan fingerprint density at radius 1 is 0.727 bits per heavy atom. The van der Waals surface area contributed by atoms with Crippen molar-refractivity contribution in [3.05, 3.63) is 30.7 Å². The first kappa shape index (κ1) is 8.58. The molecule has 1 aliphatic rings. The molecule has 0 fully saturated rings. The van der Waals surface area contributed by atoms with Gasteiger partial charge in [0, 0.05) is 0 Å². The van der Waals surface area contributed by atoms with Gasteiger partial charge in [0.1, 0.15) is 0 Å². The number of rotatable bonds is 0. The van der Waals surface area contributed by atoms with E-state index in [1.807, 2.05) is 0 Å². The summed E-state index contributed by atoms with van der Waals surface area (Å²) >= 11 is 0. The van der Waals surface area contributed by atoms with E-state index in [-0.39, 0.29) is 0 Å². The van der Waals surface area contributed by atoms with Crippen molar-refractivity contribution in [1.82, 2.24) is 0 Å². The lowest BCUT2D eigenvalue weighted by molar-refractivity contribution is 0.677. The second-order valence-electron chi connectivity index (χ2n) is 3.02. The summed E-state index contributed by atoms with van der Waals surface area (Å²) in [6.45, 7) is 0. The van der Waals surface area contributed by atoms with E-state index in [1.165, 1.54) is 32.1 Å². The summed E-state index contributed by atoms with van der Waals surface area (Å²) in [5.41, 5.74) is 0. The van der Waals surface area contributed by atoms with E-state index in [4.69, 9.17) is 0 Å². The van der Waals surface area contributed by atoms with Crippen LogP contribution < -0.4 is 0 Å². The molecule has 0 heteroatoms. The zero-order valence-electron chi connectivity index (χ0n) is 7.13. The van der Waals surface area contributed by atoms with Crippen molar-refractivity contribution in [1.29, 1.82) is 0 Å². The highest BCUT2D eigenvalue weighted by molar-refractivity contribution is 5.03. The van der Waals surface area contributed by atoms with Crippen LogP contribution in [0, 0.1) is 6.42 Å². The van der Waals surface area contributed by atoms with Gasteiger partial charge in [-0.25, -0.2) is 0 Å². The number of hydrogen-bond acceptors (Lipinski definition) is 0. The zero-order valence-corrected chi connectivity index (χ0v) is 7.13. The van der Waals surface area contributed by atoms with Crippen LogP contribution in [-0.2, 0) is 0 Å². The Bertz CT molecular complexity index is 115. The SMILES string of the molecule is [CH]1C/C=C\C=C/CCCCC1. The molecule has 0 aromatic rings. The van der Waals surface area contributed by atoms with Crippen LogP contribution in [0.25, 0.3) is 0 Å². The van der Waals surface area contributed by atoms with Crippen molar-refractivity contribution in [3.8, 4) is 0 Å². The monoisotopic (exact) mass is 149 g/mol. The molecule has 1 radical (unpaired) electrons. The molecular formula is C11H17. The molecule has 11 heavy (non-hydrogen) atoms. The van der Waals surface area contributed by atoms with Crippen LogP contribution in [0.5, 0.6) is 0 Å². The minimum absolute atomic E-state index is 1.14. The highest BCUT2D eigenvalue weighted by atomic mass is 14.0. The van der Waals surface area contributed by atoms with Crippen LogP contribution in [0.2, 0.25) is 0 Å². The summed E-state index contributed by atoms with van der Waals surface area (Å²) in [5.74, 6) is 0. The first-order valence-electron chi connectivity index (χ1n) is 4.63. The van der Waals surface area contributed by atoms with E-state index >= 15 is 0 Å². The predicted octanol–water partition coefficient (Wildman–Crippen LogP) is 3.66. The Hall–Kier alpha value is -0.520. The van der Waals surface area contributed by atoms with E-state index in [1.54, 1.807) is 0 Å². The largest absolute Gasteiger partial charge is 0.0845 e. The molecule has 0 aromatic heterocycles. The lowest BCUT2D eigenvalue weighted by Gasteiger charge is -1.96. The fourth-order valence-electron chi connectivity index (χ4n) is 1.27. The third kappa shape index (κ3) is 4.83. The Balaban J connectivity index is 2.22. The minimum Gasteiger partial charge on any atom is -0.0845 e. The van der Waals surface area contributed by atoms with Crippen LogP contribution in [0.4, 0.5) is 0 Å². The summed E-state index contributed by atoms with van der Waals surface area (Å²) in [7, 11) is 0. The van der Waals surface area contributed by atoms with Crippen molar-refractivity contribution in [3.63, 3.8) is 0 Å². The van der Waals surface area contributed by atoms with Gasteiger partial charge < -0.3 is 0 Å². The minimum atomic E-state index is 1.14. The van der Waals surface area contributed by atoms with Gasteiger partial charge in [-0.2, -0.15) is 0 Å². The molecule has 0 nitrogen and oxygen atoms in total. The maximum atomic E-state index is 2.37. The molecule has 1 rings (SSSR count). The summed E-state index contributed by atoms with van der Waals surface area (Å²) in [5, 5.41) is 0. The normalized spacial score (nSPS) is 26.9. The molecular weight excluding hydrogens is 132 g/mol. The Morgan fingerprint density at radius 2 is 1.55 bits per heavy atom. The lowest BCUT2D eigenvalue weighted by Crippen LogP contribution is -1.77. The molecule has 1 aliphatic carbocycles. The quantitative estimate of drug-likeness (QED) is 0.493. The third-order valence-electron chi connectivity index (χ3n) is 1.97. The molecule has 0 unspecified atom stereocenters. The topological polar surface area (TPSA) is 0 Å². The van der Waals surface area contributed by atoms with Gasteiger partial charge in [-0.15, -0.1) is 0 Å². The smallest absolute Gasteiger partial charge is 0.0316 e. The second kappa shape index (κ2) is 6.21. The molecule has 0 bridgehead atoms. The maximum absolute atomic E-state index is 2.37. The first-order chi connectivity index (χ1) is 5.50. The number of hydrogen-bond donors (Lipinski definition) is 0. The Labute approximate surface area is 70.0 Å². The summed E-state index contributed by atoms with van der Waals surface area (Å²) in [4.78, 5) is 0. The van der Waals surface area contributed by atoms with E-state index in [9.17, 15) is 0 Å². The average Bonchev–Trinajstić information content (AvgIpc) is 2.08. The van der Waals surface area contributed by atoms with Crippen molar-refractivity contribution in [2.75, 3.05) is 0 Å². The predicted molar refractivity (Wildman–Crippen MR) is 50.3 cm³/mol. The van der Waals surface area contributed by atoms with Crippen molar-refractivity contribution < 1.29 is 0 Å². The van der Waals surface area contributed by atoms with Crippen LogP contribution in [0.15, 0.2) is 24.3 Å². The molecule has 0 amide bonds. The fourth-order valence-corrected chi connectivity index (χ4v) is 1.27. The average molecular weight is 149 g/mol. The second-order valence-corrected chi connectivity index (χ2v) is 3.02. The van der Waals surface area contributed by atoms with Gasteiger partial charge >= 0.3 is 0 Å². The van der Waals surface area contributed by atoms with Gasteiger partial charge in [0.2, 0.25) is 0 Å². The first-order valence-corrected chi connectivity index (χ1v) is 4.63. The summed E-state index contributed by atoms with van der Waals surface area (Å²) in [6, 6.07) is 0. The number of allylic oxidation sites excluding steroid dienone is 4. The van der Waals surface area contributed by atoms with E-state index in [0.29, 0.717) is 0 Å². The maximum Gasteiger partial charge on any atom is -0.0316 e. The fraction of sp³-hybridized carbons (Fsp3) is 0.545. The van der Waals surface area contributed by atoms with Crippen molar-refractivity contribution >= 4 is 0 Å². The van der Waals surface area contributed by atoms with E-state index in [2.05, 4.69) is 30.7 Å². The summed E-state index contributed by atoms with van der Waals surface area (Å²) in [6.07, 6.45) is 19.0. The standard InChI is InChI=1S/C11H17/c1-2-4-6-8-10-11-9-7-5-3-1/h1-4,7H,5-6,8-11H2/b3-1-,4-2-. The van der Waals surface area contributed by atoms with Gasteiger partial charge in [0.25, 0.3) is 0 Å². The summed E-state index contributed by atoms with van der Waals surface area (Å²) < 4.78 is 0. The Morgan fingerprint density at radius 3 is 2.55 bits per heavy atom. The van der Waals surface area contributed by atoms with Crippen molar-refractivity contribution in [2.45, 2.75) is 38.5 Å². The van der Waals surface area contributed by atoms with Gasteiger partial charge in [0.15, 0.2) is 0 Å². The highest BCUT2D eigenvalue weighted by Crippen LogP contribution is 2.08. The molecule has 0 aliphatic heterocycles. The van der Waals surface area contributed by atoms with Crippen LogP contribution in [-0.4, -0.2) is 0 Å². The van der Waals surface area contributed by atoms with Crippen LogP contribution in [0.1, 0.15) is 38.5 Å². The van der Waals surface area contributed by atoms with Gasteiger partial charge in [-0.3, -0.25) is 0 Å². The lowest BCUT2D eigenvalue weighted by atomic mass is 10.1. The molecule has 61 valence electrons. The van der Waals surface area contributed by atoms with Crippen LogP contribution >= 0.6 is 0 Å². The molecule has 0 atom stereocenters. The van der Waals surface area contributed by atoms with Gasteiger partial charge in [0.05, 0.1) is 0 Å². The van der Waals surface area contributed by atoms with E-state index in [0.717, 1.165) is 6.42 Å². The molecule has 0 heterocycles. The molecule has 0 aromatic carbocycles. The van der Waals surface area contributed by atoms with E-state index < -0.39 is 0 Å². The zero-order chi connectivity index (χ0) is 7.78. The van der Waals surface area contributed by atoms with Crippen molar-refractivity contribution in [2.24, 2.45) is 0 Å². The molecule has 0 saturated carbocycles. The molecule has 0 spiro atoms. The third-order valence-corrected chi connectivity index (χ3v) is 1.97.